The summed E-state index contributed by atoms with van der Waals surface area (Å²) in [5.41, 5.74) is 0.628. The molecule has 1 aliphatic rings. The molecular formula is C18H17N5O2. The molecule has 1 amide bonds. The number of carbonyl (C=O) groups is 1. The Morgan fingerprint density at radius 3 is 2.68 bits per heavy atom. The zero-order valence-corrected chi connectivity index (χ0v) is 13.8. The van der Waals surface area contributed by atoms with Crippen LogP contribution >= 0.6 is 0 Å². The number of pyridine rings is 1. The maximum absolute atomic E-state index is 12.7. The van der Waals surface area contributed by atoms with E-state index in [1.54, 1.807) is 41.6 Å². The normalized spacial score (nSPS) is 13.4. The average Bonchev–Trinajstić information content (AvgIpc) is 3.03. The van der Waals surface area contributed by atoms with Crippen LogP contribution < -0.4 is 4.74 Å². The van der Waals surface area contributed by atoms with Crippen molar-refractivity contribution in [2.75, 3.05) is 6.54 Å². The number of ether oxygens (including phenoxy) is 1. The molecule has 3 heterocycles. The van der Waals surface area contributed by atoms with E-state index in [-0.39, 0.29) is 5.91 Å². The zero-order chi connectivity index (χ0) is 17.2. The summed E-state index contributed by atoms with van der Waals surface area (Å²) >= 11 is 0. The number of rotatable bonds is 3. The summed E-state index contributed by atoms with van der Waals surface area (Å²) in [7, 11) is 0. The standard InChI is InChI=1S/C18H17N5O2/c1-13-20-21-17-12-22(9-10-23(13)17)18(24)14-4-6-15(7-5-14)25-16-3-2-8-19-11-16/h2-8,11H,9-10,12H2,1H3. The Kier molecular flexibility index (Phi) is 3.89. The van der Waals surface area contributed by atoms with Crippen LogP contribution in [0.5, 0.6) is 11.5 Å². The number of hydrogen-bond donors (Lipinski definition) is 0. The summed E-state index contributed by atoms with van der Waals surface area (Å²) in [6.45, 7) is 3.78. The van der Waals surface area contributed by atoms with Crippen LogP contribution in [0.2, 0.25) is 0 Å². The molecule has 1 aliphatic heterocycles. The van der Waals surface area contributed by atoms with Gasteiger partial charge in [-0.15, -0.1) is 10.2 Å². The second-order valence-electron chi connectivity index (χ2n) is 5.86. The zero-order valence-electron chi connectivity index (χ0n) is 13.8. The van der Waals surface area contributed by atoms with Gasteiger partial charge in [-0.2, -0.15) is 0 Å². The molecule has 126 valence electrons. The Morgan fingerprint density at radius 1 is 1.08 bits per heavy atom. The van der Waals surface area contributed by atoms with Gasteiger partial charge in [-0.3, -0.25) is 9.78 Å². The van der Waals surface area contributed by atoms with Crippen molar-refractivity contribution in [2.24, 2.45) is 0 Å². The van der Waals surface area contributed by atoms with Gasteiger partial charge in [0.05, 0.1) is 12.7 Å². The van der Waals surface area contributed by atoms with Gasteiger partial charge in [0.1, 0.15) is 17.3 Å². The van der Waals surface area contributed by atoms with Crippen LogP contribution in [-0.4, -0.2) is 37.1 Å². The van der Waals surface area contributed by atoms with E-state index < -0.39 is 0 Å². The van der Waals surface area contributed by atoms with Gasteiger partial charge in [-0.1, -0.05) is 0 Å². The molecule has 3 aromatic rings. The number of amides is 1. The molecule has 0 atom stereocenters. The smallest absolute Gasteiger partial charge is 0.254 e. The van der Waals surface area contributed by atoms with Crippen LogP contribution in [0.4, 0.5) is 0 Å². The van der Waals surface area contributed by atoms with Crippen molar-refractivity contribution in [2.45, 2.75) is 20.0 Å². The molecule has 0 spiro atoms. The maximum Gasteiger partial charge on any atom is 0.254 e. The van der Waals surface area contributed by atoms with Crippen molar-refractivity contribution in [3.8, 4) is 11.5 Å². The molecule has 0 bridgehead atoms. The Hall–Kier alpha value is -3.22. The molecule has 7 nitrogen and oxygen atoms in total. The number of nitrogens with zero attached hydrogens (tertiary/aromatic N) is 5. The summed E-state index contributed by atoms with van der Waals surface area (Å²) in [6, 6.07) is 10.8. The van der Waals surface area contributed by atoms with E-state index in [2.05, 4.69) is 19.7 Å². The molecule has 25 heavy (non-hydrogen) atoms. The lowest BCUT2D eigenvalue weighted by Crippen LogP contribution is -2.38. The van der Waals surface area contributed by atoms with Gasteiger partial charge in [-0.05, 0) is 43.3 Å². The Morgan fingerprint density at radius 2 is 1.92 bits per heavy atom. The summed E-state index contributed by atoms with van der Waals surface area (Å²) in [6.07, 6.45) is 3.33. The average molecular weight is 335 g/mol. The first-order chi connectivity index (χ1) is 12.2. The van der Waals surface area contributed by atoms with Gasteiger partial charge < -0.3 is 14.2 Å². The largest absolute Gasteiger partial charge is 0.456 e. The molecule has 0 saturated carbocycles. The third kappa shape index (κ3) is 3.08. The monoisotopic (exact) mass is 335 g/mol. The first-order valence-electron chi connectivity index (χ1n) is 8.06. The minimum Gasteiger partial charge on any atom is -0.456 e. The second-order valence-corrected chi connectivity index (χ2v) is 5.86. The lowest BCUT2D eigenvalue weighted by atomic mass is 10.1. The molecule has 0 aliphatic carbocycles. The van der Waals surface area contributed by atoms with Gasteiger partial charge in [0, 0.05) is 24.8 Å². The van der Waals surface area contributed by atoms with E-state index >= 15 is 0 Å². The van der Waals surface area contributed by atoms with Crippen molar-refractivity contribution in [1.29, 1.82) is 0 Å². The van der Waals surface area contributed by atoms with Crippen molar-refractivity contribution in [1.82, 2.24) is 24.6 Å². The predicted molar refractivity (Wildman–Crippen MR) is 90.3 cm³/mol. The van der Waals surface area contributed by atoms with Crippen LogP contribution in [0.25, 0.3) is 0 Å². The molecule has 0 N–H and O–H groups in total. The fourth-order valence-corrected chi connectivity index (χ4v) is 2.87. The van der Waals surface area contributed by atoms with Gasteiger partial charge in [0.25, 0.3) is 5.91 Å². The number of aryl methyl sites for hydroxylation is 1. The lowest BCUT2D eigenvalue weighted by molar-refractivity contribution is 0.0706. The van der Waals surface area contributed by atoms with Crippen molar-refractivity contribution in [3.63, 3.8) is 0 Å². The first-order valence-corrected chi connectivity index (χ1v) is 8.06. The highest BCUT2D eigenvalue weighted by Crippen LogP contribution is 2.22. The fourth-order valence-electron chi connectivity index (χ4n) is 2.87. The van der Waals surface area contributed by atoms with Gasteiger partial charge >= 0.3 is 0 Å². The van der Waals surface area contributed by atoms with E-state index in [1.165, 1.54) is 0 Å². The van der Waals surface area contributed by atoms with Crippen LogP contribution in [0, 0.1) is 6.92 Å². The molecular weight excluding hydrogens is 318 g/mol. The highest BCUT2D eigenvalue weighted by Gasteiger charge is 2.24. The molecule has 0 fully saturated rings. The van der Waals surface area contributed by atoms with E-state index in [4.69, 9.17) is 4.74 Å². The number of hydrogen-bond acceptors (Lipinski definition) is 5. The van der Waals surface area contributed by atoms with E-state index in [0.717, 1.165) is 18.2 Å². The molecule has 7 heteroatoms. The van der Waals surface area contributed by atoms with Crippen LogP contribution in [0.3, 0.4) is 0 Å². The SMILES string of the molecule is Cc1nnc2n1CCN(C(=O)c1ccc(Oc3cccnc3)cc1)C2. The Bertz CT molecular complexity index is 890. The molecule has 1 aromatic carbocycles. The fraction of sp³-hybridized carbons (Fsp3) is 0.222. The molecule has 0 radical (unpaired) electrons. The predicted octanol–water partition coefficient (Wildman–Crippen LogP) is 2.43. The van der Waals surface area contributed by atoms with Crippen molar-refractivity contribution >= 4 is 5.91 Å². The number of benzene rings is 1. The minimum atomic E-state index is -0.0140. The highest BCUT2D eigenvalue weighted by molar-refractivity contribution is 5.94. The number of carbonyl (C=O) groups excluding carboxylic acids is 1. The van der Waals surface area contributed by atoms with Crippen molar-refractivity contribution in [3.05, 3.63) is 66.0 Å². The van der Waals surface area contributed by atoms with Crippen LogP contribution in [0.15, 0.2) is 48.8 Å². The van der Waals surface area contributed by atoms with E-state index in [1.807, 2.05) is 19.1 Å². The van der Waals surface area contributed by atoms with Gasteiger partial charge in [0.2, 0.25) is 0 Å². The van der Waals surface area contributed by atoms with Gasteiger partial charge in [-0.25, -0.2) is 0 Å². The summed E-state index contributed by atoms with van der Waals surface area (Å²) in [5, 5.41) is 8.21. The van der Waals surface area contributed by atoms with E-state index in [0.29, 0.717) is 30.2 Å². The molecule has 0 saturated heterocycles. The topological polar surface area (TPSA) is 73.1 Å². The molecule has 2 aromatic heterocycles. The minimum absolute atomic E-state index is 0.0140. The maximum atomic E-state index is 12.7. The second kappa shape index (κ2) is 6.35. The summed E-state index contributed by atoms with van der Waals surface area (Å²) < 4.78 is 7.75. The van der Waals surface area contributed by atoms with Crippen molar-refractivity contribution < 1.29 is 9.53 Å². The quantitative estimate of drug-likeness (QED) is 0.735. The van der Waals surface area contributed by atoms with E-state index in [9.17, 15) is 4.79 Å². The van der Waals surface area contributed by atoms with Gasteiger partial charge in [0.15, 0.2) is 5.82 Å². The van der Waals surface area contributed by atoms with Crippen LogP contribution in [-0.2, 0) is 13.1 Å². The molecule has 0 unspecified atom stereocenters. The third-order valence-electron chi connectivity index (χ3n) is 4.20. The molecule has 4 rings (SSSR count). The third-order valence-corrected chi connectivity index (χ3v) is 4.20. The lowest BCUT2D eigenvalue weighted by Gasteiger charge is -2.27. The number of fused-ring (bicyclic) bond motifs is 1. The Balaban J connectivity index is 1.46. The number of aromatic nitrogens is 4. The first kappa shape index (κ1) is 15.3. The Labute approximate surface area is 144 Å². The summed E-state index contributed by atoms with van der Waals surface area (Å²) in [4.78, 5) is 18.5. The van der Waals surface area contributed by atoms with Crippen LogP contribution in [0.1, 0.15) is 22.0 Å². The summed E-state index contributed by atoms with van der Waals surface area (Å²) in [5.74, 6) is 3.03. The highest BCUT2D eigenvalue weighted by atomic mass is 16.5.